The number of halogens is 1. The summed E-state index contributed by atoms with van der Waals surface area (Å²) in [6.45, 7) is 2.85. The quantitative estimate of drug-likeness (QED) is 0.884. The van der Waals surface area contributed by atoms with Gasteiger partial charge in [-0.25, -0.2) is 4.39 Å². The molecule has 21 heavy (non-hydrogen) atoms. The molecule has 1 fully saturated rings. The van der Waals surface area contributed by atoms with Crippen molar-refractivity contribution in [2.24, 2.45) is 0 Å². The molecular formula is C17H19FN2O. The molecule has 0 unspecified atom stereocenters. The van der Waals surface area contributed by atoms with Crippen molar-refractivity contribution in [3.05, 3.63) is 59.2 Å². The molecule has 0 amide bonds. The maximum absolute atomic E-state index is 13.8. The number of benzene rings is 1. The van der Waals surface area contributed by atoms with Gasteiger partial charge in [-0.1, -0.05) is 18.2 Å². The van der Waals surface area contributed by atoms with Gasteiger partial charge in [-0.2, -0.15) is 0 Å². The van der Waals surface area contributed by atoms with Gasteiger partial charge in [0.2, 0.25) is 0 Å². The molecule has 0 atom stereocenters. The van der Waals surface area contributed by atoms with Crippen molar-refractivity contribution in [3.63, 3.8) is 0 Å². The van der Waals surface area contributed by atoms with Crippen molar-refractivity contribution in [1.82, 2.24) is 10.3 Å². The molecule has 0 bridgehead atoms. The summed E-state index contributed by atoms with van der Waals surface area (Å²) in [6, 6.07) is 9.80. The van der Waals surface area contributed by atoms with Crippen LogP contribution in [0.5, 0.6) is 5.75 Å². The maximum atomic E-state index is 13.8. The number of ether oxygens (including phenoxy) is 1. The van der Waals surface area contributed by atoms with Crippen molar-refractivity contribution in [2.45, 2.75) is 39.0 Å². The van der Waals surface area contributed by atoms with Gasteiger partial charge in [-0.15, -0.1) is 0 Å². The van der Waals surface area contributed by atoms with Gasteiger partial charge in [0, 0.05) is 18.8 Å². The fourth-order valence-corrected chi connectivity index (χ4v) is 2.08. The number of rotatable bonds is 6. The Morgan fingerprint density at radius 1 is 1.29 bits per heavy atom. The Kier molecular flexibility index (Phi) is 4.15. The maximum Gasteiger partial charge on any atom is 0.167 e. The molecule has 1 saturated carbocycles. The molecule has 2 aromatic rings. The molecule has 3 rings (SSSR count). The molecule has 1 N–H and O–H groups in total. The lowest BCUT2D eigenvalue weighted by Crippen LogP contribution is -2.15. The van der Waals surface area contributed by atoms with Crippen LogP contribution in [0.15, 0.2) is 36.5 Å². The summed E-state index contributed by atoms with van der Waals surface area (Å²) in [4.78, 5) is 4.36. The first kappa shape index (κ1) is 14.0. The Labute approximate surface area is 124 Å². The van der Waals surface area contributed by atoms with E-state index in [4.69, 9.17) is 4.74 Å². The largest absolute Gasteiger partial charge is 0.484 e. The Balaban J connectivity index is 1.56. The van der Waals surface area contributed by atoms with Crippen LogP contribution >= 0.6 is 0 Å². The molecule has 1 aliphatic rings. The molecule has 3 nitrogen and oxygen atoms in total. The van der Waals surface area contributed by atoms with E-state index in [0.29, 0.717) is 11.6 Å². The lowest BCUT2D eigenvalue weighted by Gasteiger charge is -2.09. The van der Waals surface area contributed by atoms with E-state index < -0.39 is 0 Å². The minimum Gasteiger partial charge on any atom is -0.484 e. The van der Waals surface area contributed by atoms with Gasteiger partial charge >= 0.3 is 0 Å². The van der Waals surface area contributed by atoms with Gasteiger partial charge in [0.1, 0.15) is 6.61 Å². The Morgan fingerprint density at radius 3 is 2.86 bits per heavy atom. The summed E-state index contributed by atoms with van der Waals surface area (Å²) >= 11 is 0. The smallest absolute Gasteiger partial charge is 0.167 e. The lowest BCUT2D eigenvalue weighted by atomic mass is 10.2. The second kappa shape index (κ2) is 6.22. The van der Waals surface area contributed by atoms with Gasteiger partial charge in [-0.05, 0) is 43.0 Å². The zero-order chi connectivity index (χ0) is 14.7. The number of aromatic nitrogens is 1. The predicted octanol–water partition coefficient (Wildman–Crippen LogP) is 3.36. The molecule has 1 aliphatic carbocycles. The predicted molar refractivity (Wildman–Crippen MR) is 79.6 cm³/mol. The molecule has 110 valence electrons. The van der Waals surface area contributed by atoms with E-state index in [0.717, 1.165) is 17.8 Å². The molecule has 0 radical (unpaired) electrons. The van der Waals surface area contributed by atoms with E-state index in [2.05, 4.69) is 10.3 Å². The van der Waals surface area contributed by atoms with Crippen LogP contribution in [0, 0.1) is 12.7 Å². The third-order valence-corrected chi connectivity index (χ3v) is 3.59. The van der Waals surface area contributed by atoms with Crippen LogP contribution < -0.4 is 10.1 Å². The number of hydrogen-bond acceptors (Lipinski definition) is 3. The second-order valence-electron chi connectivity index (χ2n) is 5.49. The molecular weight excluding hydrogens is 267 g/mol. The van der Waals surface area contributed by atoms with Crippen molar-refractivity contribution < 1.29 is 9.13 Å². The van der Waals surface area contributed by atoms with Crippen molar-refractivity contribution in [3.8, 4) is 5.75 Å². The zero-order valence-electron chi connectivity index (χ0n) is 12.1. The standard InChI is InChI=1S/C17H19FN2O/c1-12-3-2-4-16(17(12)18)21-11-15-6-5-13(10-20-15)9-19-14-7-8-14/h2-6,10,14,19H,7-9,11H2,1H3. The van der Waals surface area contributed by atoms with Crippen LogP contribution in [0.4, 0.5) is 4.39 Å². The normalized spacial score (nSPS) is 14.2. The highest BCUT2D eigenvalue weighted by atomic mass is 19.1. The summed E-state index contributed by atoms with van der Waals surface area (Å²) in [5.41, 5.74) is 2.54. The van der Waals surface area contributed by atoms with Crippen LogP contribution in [-0.4, -0.2) is 11.0 Å². The Hall–Kier alpha value is -1.94. The summed E-state index contributed by atoms with van der Waals surface area (Å²) in [5, 5.41) is 3.44. The van der Waals surface area contributed by atoms with Crippen molar-refractivity contribution >= 4 is 0 Å². The summed E-state index contributed by atoms with van der Waals surface area (Å²) in [5.74, 6) is -0.0287. The van der Waals surface area contributed by atoms with E-state index in [1.807, 2.05) is 18.3 Å². The molecule has 0 spiro atoms. The molecule has 1 heterocycles. The van der Waals surface area contributed by atoms with Crippen LogP contribution in [0.1, 0.15) is 29.7 Å². The Morgan fingerprint density at radius 2 is 2.14 bits per heavy atom. The van der Waals surface area contributed by atoms with E-state index in [1.54, 1.807) is 25.1 Å². The highest BCUT2D eigenvalue weighted by Crippen LogP contribution is 2.21. The van der Waals surface area contributed by atoms with Crippen LogP contribution in [-0.2, 0) is 13.2 Å². The summed E-state index contributed by atoms with van der Waals surface area (Å²) in [7, 11) is 0. The van der Waals surface area contributed by atoms with E-state index in [-0.39, 0.29) is 18.2 Å². The number of nitrogens with one attached hydrogen (secondary N) is 1. The number of aryl methyl sites for hydroxylation is 1. The van der Waals surface area contributed by atoms with Gasteiger partial charge in [0.25, 0.3) is 0 Å². The lowest BCUT2D eigenvalue weighted by molar-refractivity contribution is 0.285. The number of nitrogens with zero attached hydrogens (tertiary/aromatic N) is 1. The third-order valence-electron chi connectivity index (χ3n) is 3.59. The fraction of sp³-hybridized carbons (Fsp3) is 0.353. The topological polar surface area (TPSA) is 34.1 Å². The van der Waals surface area contributed by atoms with E-state index in [1.165, 1.54) is 12.8 Å². The van der Waals surface area contributed by atoms with Gasteiger partial charge < -0.3 is 10.1 Å². The van der Waals surface area contributed by atoms with Gasteiger partial charge in [0.05, 0.1) is 5.69 Å². The highest BCUT2D eigenvalue weighted by Gasteiger charge is 2.19. The monoisotopic (exact) mass is 286 g/mol. The second-order valence-corrected chi connectivity index (χ2v) is 5.49. The van der Waals surface area contributed by atoms with Crippen LogP contribution in [0.3, 0.4) is 0 Å². The van der Waals surface area contributed by atoms with E-state index >= 15 is 0 Å². The van der Waals surface area contributed by atoms with Gasteiger partial charge in [-0.3, -0.25) is 4.98 Å². The first-order valence-corrected chi connectivity index (χ1v) is 7.27. The molecule has 0 saturated heterocycles. The van der Waals surface area contributed by atoms with Crippen LogP contribution in [0.2, 0.25) is 0 Å². The minimum absolute atomic E-state index is 0.274. The average molecular weight is 286 g/mol. The zero-order valence-corrected chi connectivity index (χ0v) is 12.1. The summed E-state index contributed by atoms with van der Waals surface area (Å²) in [6.07, 6.45) is 4.41. The van der Waals surface area contributed by atoms with Crippen molar-refractivity contribution in [2.75, 3.05) is 0 Å². The first-order chi connectivity index (χ1) is 10.2. The van der Waals surface area contributed by atoms with E-state index in [9.17, 15) is 4.39 Å². The number of hydrogen-bond donors (Lipinski definition) is 1. The fourth-order valence-electron chi connectivity index (χ4n) is 2.08. The average Bonchev–Trinajstić information content (AvgIpc) is 3.32. The number of pyridine rings is 1. The minimum atomic E-state index is -0.303. The molecule has 1 aromatic heterocycles. The first-order valence-electron chi connectivity index (χ1n) is 7.27. The van der Waals surface area contributed by atoms with Crippen LogP contribution in [0.25, 0.3) is 0 Å². The SMILES string of the molecule is Cc1cccc(OCc2ccc(CNC3CC3)cn2)c1F. The third kappa shape index (κ3) is 3.79. The van der Waals surface area contributed by atoms with Gasteiger partial charge in [0.15, 0.2) is 11.6 Å². The molecule has 4 heteroatoms. The van der Waals surface area contributed by atoms with Crippen molar-refractivity contribution in [1.29, 1.82) is 0 Å². The summed E-state index contributed by atoms with van der Waals surface area (Å²) < 4.78 is 19.3. The molecule has 0 aliphatic heterocycles. The highest BCUT2D eigenvalue weighted by molar-refractivity contribution is 5.30. The molecule has 1 aromatic carbocycles. The Bertz CT molecular complexity index is 609.